The molecule has 0 nitrogen and oxygen atoms in total. The first-order valence-corrected chi connectivity index (χ1v) is 5.20. The summed E-state index contributed by atoms with van der Waals surface area (Å²) in [6.07, 6.45) is 4.07. The van der Waals surface area contributed by atoms with Crippen LogP contribution in [0.4, 0.5) is 0 Å². The molecule has 0 aromatic carbocycles. The maximum Gasteiger partial charge on any atom is 0.0282 e. The summed E-state index contributed by atoms with van der Waals surface area (Å²) in [6.45, 7) is 6.94. The van der Waals surface area contributed by atoms with Gasteiger partial charge >= 0.3 is 0 Å². The zero-order valence-corrected chi connectivity index (χ0v) is 8.62. The van der Waals surface area contributed by atoms with E-state index in [9.17, 15) is 0 Å². The molecule has 0 N–H and O–H groups in total. The van der Waals surface area contributed by atoms with Gasteiger partial charge in [-0.1, -0.05) is 20.8 Å². The molecule has 0 amide bonds. The molecule has 1 fully saturated rings. The van der Waals surface area contributed by atoms with Crippen molar-refractivity contribution >= 4 is 11.6 Å². The van der Waals surface area contributed by atoms with E-state index in [0.717, 1.165) is 17.7 Å². The molecule has 0 bridgehead atoms. The molecule has 1 saturated carbocycles. The minimum Gasteiger partial charge on any atom is -0.126 e. The highest BCUT2D eigenvalue weighted by Crippen LogP contribution is 2.54. The van der Waals surface area contributed by atoms with Crippen molar-refractivity contribution in [3.05, 3.63) is 0 Å². The molecule has 1 aliphatic carbocycles. The molecule has 11 heavy (non-hydrogen) atoms. The first-order valence-electron chi connectivity index (χ1n) is 4.67. The maximum atomic E-state index is 5.93. The fourth-order valence-electron chi connectivity index (χ4n) is 1.88. The lowest BCUT2D eigenvalue weighted by Crippen LogP contribution is -2.16. The highest BCUT2D eigenvalue weighted by atomic mass is 35.5. The number of halogens is 1. The van der Waals surface area contributed by atoms with Crippen molar-refractivity contribution in [1.82, 2.24) is 0 Å². The van der Waals surface area contributed by atoms with Crippen molar-refractivity contribution in [3.8, 4) is 0 Å². The van der Waals surface area contributed by atoms with Gasteiger partial charge in [-0.05, 0) is 36.5 Å². The van der Waals surface area contributed by atoms with Crippen molar-refractivity contribution in [3.63, 3.8) is 0 Å². The summed E-state index contributed by atoms with van der Waals surface area (Å²) >= 11 is 5.93. The van der Waals surface area contributed by atoms with Gasteiger partial charge in [0.1, 0.15) is 0 Å². The lowest BCUT2D eigenvalue weighted by molar-refractivity contribution is 0.308. The van der Waals surface area contributed by atoms with Crippen molar-refractivity contribution in [1.29, 1.82) is 0 Å². The van der Waals surface area contributed by atoms with Crippen LogP contribution >= 0.6 is 11.6 Å². The van der Waals surface area contributed by atoms with Crippen molar-refractivity contribution in [2.45, 2.75) is 40.0 Å². The summed E-state index contributed by atoms with van der Waals surface area (Å²) in [6, 6.07) is 0. The lowest BCUT2D eigenvalue weighted by atomic mass is 9.85. The molecule has 0 aromatic rings. The Hall–Kier alpha value is 0.290. The molecule has 0 heterocycles. The van der Waals surface area contributed by atoms with Gasteiger partial charge in [0.15, 0.2) is 0 Å². The first-order chi connectivity index (χ1) is 5.10. The van der Waals surface area contributed by atoms with Crippen LogP contribution in [0.25, 0.3) is 0 Å². The molecular weight excluding hydrogens is 156 g/mol. The fraction of sp³-hybridized carbons (Fsp3) is 1.00. The SMILES string of the molecule is CC(C)CC(C)C1(CCl)CC1. The van der Waals surface area contributed by atoms with Crippen molar-refractivity contribution in [2.24, 2.45) is 17.3 Å². The quantitative estimate of drug-likeness (QED) is 0.571. The Balaban J connectivity index is 2.34. The van der Waals surface area contributed by atoms with E-state index < -0.39 is 0 Å². The molecule has 0 aromatic heterocycles. The van der Waals surface area contributed by atoms with Gasteiger partial charge in [0.05, 0.1) is 0 Å². The maximum absolute atomic E-state index is 5.93. The molecule has 1 heteroatoms. The van der Waals surface area contributed by atoms with Crippen LogP contribution in [0.1, 0.15) is 40.0 Å². The normalized spacial score (nSPS) is 23.7. The van der Waals surface area contributed by atoms with E-state index in [1.165, 1.54) is 19.3 Å². The smallest absolute Gasteiger partial charge is 0.0282 e. The standard InChI is InChI=1S/C10H19Cl/c1-8(2)6-9(3)10(7-11)4-5-10/h8-9H,4-7H2,1-3H3. The summed E-state index contributed by atoms with van der Waals surface area (Å²) in [4.78, 5) is 0. The van der Waals surface area contributed by atoms with Crippen LogP contribution in [-0.4, -0.2) is 5.88 Å². The summed E-state index contributed by atoms with van der Waals surface area (Å²) in [5.41, 5.74) is 0.547. The third kappa shape index (κ3) is 2.11. The third-order valence-electron chi connectivity index (χ3n) is 3.03. The number of alkyl halides is 1. The number of hydrogen-bond donors (Lipinski definition) is 0. The summed E-state index contributed by atoms with van der Waals surface area (Å²) < 4.78 is 0. The Morgan fingerprint density at radius 1 is 1.27 bits per heavy atom. The van der Waals surface area contributed by atoms with Crippen LogP contribution in [0.3, 0.4) is 0 Å². The topological polar surface area (TPSA) is 0 Å². The largest absolute Gasteiger partial charge is 0.126 e. The Labute approximate surface area is 75.3 Å². The van der Waals surface area contributed by atoms with Crippen LogP contribution in [0, 0.1) is 17.3 Å². The summed E-state index contributed by atoms with van der Waals surface area (Å²) in [5, 5.41) is 0. The van der Waals surface area contributed by atoms with Gasteiger partial charge in [-0.2, -0.15) is 0 Å². The van der Waals surface area contributed by atoms with Crippen molar-refractivity contribution < 1.29 is 0 Å². The fourth-order valence-corrected chi connectivity index (χ4v) is 2.41. The molecule has 1 rings (SSSR count). The van der Waals surface area contributed by atoms with E-state index >= 15 is 0 Å². The van der Waals surface area contributed by atoms with Gasteiger partial charge in [-0.25, -0.2) is 0 Å². The Kier molecular flexibility index (Phi) is 2.85. The van der Waals surface area contributed by atoms with Crippen LogP contribution in [0.15, 0.2) is 0 Å². The zero-order chi connectivity index (χ0) is 8.48. The van der Waals surface area contributed by atoms with E-state index in [1.54, 1.807) is 0 Å². The van der Waals surface area contributed by atoms with Crippen LogP contribution in [-0.2, 0) is 0 Å². The Morgan fingerprint density at radius 2 is 1.82 bits per heavy atom. The summed E-state index contributed by atoms with van der Waals surface area (Å²) in [5.74, 6) is 2.53. The predicted molar refractivity (Wildman–Crippen MR) is 51.0 cm³/mol. The monoisotopic (exact) mass is 174 g/mol. The zero-order valence-electron chi connectivity index (χ0n) is 7.86. The highest BCUT2D eigenvalue weighted by Gasteiger charge is 2.46. The van der Waals surface area contributed by atoms with Crippen LogP contribution < -0.4 is 0 Å². The van der Waals surface area contributed by atoms with E-state index in [1.807, 2.05) is 0 Å². The van der Waals surface area contributed by atoms with E-state index in [-0.39, 0.29) is 0 Å². The van der Waals surface area contributed by atoms with E-state index in [2.05, 4.69) is 20.8 Å². The van der Waals surface area contributed by atoms with Gasteiger partial charge < -0.3 is 0 Å². The Morgan fingerprint density at radius 3 is 2.09 bits per heavy atom. The second-order valence-electron chi connectivity index (χ2n) is 4.53. The lowest BCUT2D eigenvalue weighted by Gasteiger charge is -2.22. The van der Waals surface area contributed by atoms with Gasteiger partial charge in [-0.3, -0.25) is 0 Å². The molecule has 66 valence electrons. The van der Waals surface area contributed by atoms with Gasteiger partial charge in [0, 0.05) is 5.88 Å². The molecular formula is C10H19Cl. The van der Waals surface area contributed by atoms with E-state index in [4.69, 9.17) is 11.6 Å². The van der Waals surface area contributed by atoms with E-state index in [0.29, 0.717) is 5.41 Å². The van der Waals surface area contributed by atoms with Crippen LogP contribution in [0.5, 0.6) is 0 Å². The van der Waals surface area contributed by atoms with Crippen LogP contribution in [0.2, 0.25) is 0 Å². The second-order valence-corrected chi connectivity index (χ2v) is 4.79. The molecule has 0 aliphatic heterocycles. The molecule has 0 saturated heterocycles. The number of rotatable bonds is 4. The highest BCUT2D eigenvalue weighted by molar-refractivity contribution is 6.18. The average Bonchev–Trinajstić information content (AvgIpc) is 2.65. The van der Waals surface area contributed by atoms with Gasteiger partial charge in [-0.15, -0.1) is 11.6 Å². The predicted octanol–water partition coefficient (Wildman–Crippen LogP) is 3.69. The second kappa shape index (κ2) is 3.35. The van der Waals surface area contributed by atoms with Gasteiger partial charge in [0.2, 0.25) is 0 Å². The minimum atomic E-state index is 0.547. The summed E-state index contributed by atoms with van der Waals surface area (Å²) in [7, 11) is 0. The molecule has 0 spiro atoms. The Bertz CT molecular complexity index is 125. The third-order valence-corrected chi connectivity index (χ3v) is 3.56. The first kappa shape index (κ1) is 9.38. The minimum absolute atomic E-state index is 0.547. The molecule has 1 aliphatic rings. The average molecular weight is 175 g/mol. The molecule has 1 unspecified atom stereocenters. The molecule has 1 atom stereocenters. The van der Waals surface area contributed by atoms with Crippen molar-refractivity contribution in [2.75, 3.05) is 5.88 Å². The number of hydrogen-bond acceptors (Lipinski definition) is 0. The van der Waals surface area contributed by atoms with Gasteiger partial charge in [0.25, 0.3) is 0 Å². The molecule has 0 radical (unpaired) electrons.